The van der Waals surface area contributed by atoms with E-state index in [1.54, 1.807) is 16.7 Å². The van der Waals surface area contributed by atoms with Gasteiger partial charge in [-0.15, -0.1) is 0 Å². The molecule has 0 aromatic carbocycles. The molecule has 1 N–H and O–H groups in total. The van der Waals surface area contributed by atoms with E-state index >= 15 is 0 Å². The summed E-state index contributed by atoms with van der Waals surface area (Å²) in [6.45, 7) is 4.33. The average molecular weight is 392 g/mol. The molecule has 0 spiro atoms. The molecule has 7 nitrogen and oxygen atoms in total. The van der Waals surface area contributed by atoms with Gasteiger partial charge in [0.15, 0.2) is 0 Å². The third kappa shape index (κ3) is 4.13. The fourth-order valence-electron chi connectivity index (χ4n) is 6.32. The second kappa shape index (κ2) is 7.91. The van der Waals surface area contributed by atoms with Crippen LogP contribution in [-0.2, 0) is 14.3 Å². The molecule has 0 atom stereocenters. The van der Waals surface area contributed by atoms with E-state index in [4.69, 9.17) is 4.74 Å². The van der Waals surface area contributed by atoms with Crippen molar-refractivity contribution in [2.24, 2.45) is 23.2 Å². The highest BCUT2D eigenvalue weighted by molar-refractivity contribution is 5.84. The molecule has 5 fully saturated rings. The fourth-order valence-corrected chi connectivity index (χ4v) is 6.32. The summed E-state index contributed by atoms with van der Waals surface area (Å²) < 4.78 is 5.78. The molecule has 0 radical (unpaired) electrons. The molecule has 28 heavy (non-hydrogen) atoms. The Kier molecular flexibility index (Phi) is 5.52. The van der Waals surface area contributed by atoms with Crippen molar-refractivity contribution in [2.45, 2.75) is 51.9 Å². The van der Waals surface area contributed by atoms with Crippen molar-refractivity contribution >= 4 is 17.9 Å². The number of hydrogen-bond donors (Lipinski definition) is 1. The van der Waals surface area contributed by atoms with Crippen LogP contribution in [0, 0.1) is 23.2 Å². The van der Waals surface area contributed by atoms with Crippen LogP contribution in [0.4, 0.5) is 4.79 Å². The minimum Gasteiger partial charge on any atom is -0.449 e. The van der Waals surface area contributed by atoms with Crippen molar-refractivity contribution in [3.8, 4) is 0 Å². The van der Waals surface area contributed by atoms with E-state index in [1.165, 1.54) is 38.5 Å². The lowest BCUT2D eigenvalue weighted by molar-refractivity contribution is -0.134. The summed E-state index contributed by atoms with van der Waals surface area (Å²) in [5, 5.41) is 2.61. The molecule has 5 rings (SSSR count). The molecule has 0 unspecified atom stereocenters. The lowest BCUT2D eigenvalue weighted by atomic mass is 9.50. The Balaban J connectivity index is 1.21. The molecule has 1 heterocycles. The van der Waals surface area contributed by atoms with Crippen molar-refractivity contribution in [1.29, 1.82) is 0 Å². The van der Waals surface area contributed by atoms with Crippen molar-refractivity contribution < 1.29 is 19.1 Å². The van der Waals surface area contributed by atoms with Crippen LogP contribution < -0.4 is 5.32 Å². The predicted molar refractivity (Wildman–Crippen MR) is 103 cm³/mol. The fraction of sp³-hybridized carbons (Fsp3) is 0.857. The minimum absolute atomic E-state index is 0.0309. The van der Waals surface area contributed by atoms with Crippen LogP contribution >= 0.6 is 0 Å². The van der Waals surface area contributed by atoms with Crippen molar-refractivity contribution in [2.75, 3.05) is 39.3 Å². The summed E-state index contributed by atoms with van der Waals surface area (Å²) in [7, 11) is 0. The molecule has 0 aromatic heterocycles. The van der Waals surface area contributed by atoms with Gasteiger partial charge in [0.25, 0.3) is 0 Å². The molecular weight excluding hydrogens is 358 g/mol. The summed E-state index contributed by atoms with van der Waals surface area (Å²) in [5.74, 6) is 2.34. The number of carbonyl (C=O) groups is 3. The molecule has 0 aromatic rings. The Labute approximate surface area is 167 Å². The maximum atomic E-state index is 12.6. The zero-order chi connectivity index (χ0) is 19.7. The Morgan fingerprint density at radius 1 is 0.929 bits per heavy atom. The summed E-state index contributed by atoms with van der Waals surface area (Å²) in [6, 6.07) is 0. The predicted octanol–water partition coefficient (Wildman–Crippen LogP) is 2.01. The highest BCUT2D eigenvalue weighted by atomic mass is 16.6. The summed E-state index contributed by atoms with van der Waals surface area (Å²) >= 11 is 0. The number of rotatable bonds is 5. The first-order valence-corrected chi connectivity index (χ1v) is 10.9. The zero-order valence-corrected chi connectivity index (χ0v) is 17.0. The number of hydrogen-bond acceptors (Lipinski definition) is 4. The first-order valence-electron chi connectivity index (χ1n) is 10.9. The maximum absolute atomic E-state index is 12.6. The van der Waals surface area contributed by atoms with Gasteiger partial charge in [-0.1, -0.05) is 6.92 Å². The average Bonchev–Trinajstić information content (AvgIpc) is 2.69. The maximum Gasteiger partial charge on any atom is 0.409 e. The Bertz CT molecular complexity index is 592. The van der Waals surface area contributed by atoms with E-state index in [0.717, 1.165) is 17.8 Å². The van der Waals surface area contributed by atoms with E-state index in [2.05, 4.69) is 5.32 Å². The SMILES string of the molecule is CCC(=O)NCC(=O)N1CCN(C(=O)OCC23CC4CC(CC(C4)C2)C3)CC1. The Morgan fingerprint density at radius 3 is 2.00 bits per heavy atom. The van der Waals surface area contributed by atoms with Gasteiger partial charge in [0.1, 0.15) is 0 Å². The largest absolute Gasteiger partial charge is 0.449 e. The van der Waals surface area contributed by atoms with E-state index < -0.39 is 0 Å². The van der Waals surface area contributed by atoms with Crippen molar-refractivity contribution in [3.63, 3.8) is 0 Å². The highest BCUT2D eigenvalue weighted by Gasteiger charge is 2.51. The topological polar surface area (TPSA) is 79.0 Å². The van der Waals surface area contributed by atoms with Crippen molar-refractivity contribution in [1.82, 2.24) is 15.1 Å². The number of amides is 3. The van der Waals surface area contributed by atoms with Gasteiger partial charge in [-0.3, -0.25) is 9.59 Å². The van der Waals surface area contributed by atoms with Crippen molar-refractivity contribution in [3.05, 3.63) is 0 Å². The lowest BCUT2D eigenvalue weighted by Gasteiger charge is -2.56. The monoisotopic (exact) mass is 391 g/mol. The zero-order valence-electron chi connectivity index (χ0n) is 17.0. The van der Waals surface area contributed by atoms with Crippen LogP contribution in [0.1, 0.15) is 51.9 Å². The molecule has 7 heteroatoms. The summed E-state index contributed by atoms with van der Waals surface area (Å²) in [4.78, 5) is 39.4. The second-order valence-corrected chi connectivity index (χ2v) is 9.47. The van der Waals surface area contributed by atoms with Crippen LogP contribution in [0.25, 0.3) is 0 Å². The molecule has 4 aliphatic carbocycles. The van der Waals surface area contributed by atoms with E-state index in [0.29, 0.717) is 39.2 Å². The quantitative estimate of drug-likeness (QED) is 0.778. The number of nitrogens with zero attached hydrogens (tertiary/aromatic N) is 2. The van der Waals surface area contributed by atoms with Crippen LogP contribution in [0.3, 0.4) is 0 Å². The Morgan fingerprint density at radius 2 is 1.46 bits per heavy atom. The van der Waals surface area contributed by atoms with Crippen LogP contribution in [0.15, 0.2) is 0 Å². The van der Waals surface area contributed by atoms with E-state index in [9.17, 15) is 14.4 Å². The highest BCUT2D eigenvalue weighted by Crippen LogP contribution is 2.60. The standard InChI is InChI=1S/C21H33N3O4/c1-2-18(25)22-13-19(26)23-3-5-24(6-4-23)20(27)28-14-21-10-15-7-16(11-21)9-17(8-15)12-21/h15-17H,2-14H2,1H3,(H,22,25). The van der Waals surface area contributed by atoms with Gasteiger partial charge in [-0.2, -0.15) is 0 Å². The smallest absolute Gasteiger partial charge is 0.409 e. The van der Waals surface area contributed by atoms with Gasteiger partial charge >= 0.3 is 6.09 Å². The van der Waals surface area contributed by atoms with Crippen LogP contribution in [0.2, 0.25) is 0 Å². The molecule has 1 saturated heterocycles. The van der Waals surface area contributed by atoms with E-state index in [1.807, 2.05) is 0 Å². The number of ether oxygens (including phenoxy) is 1. The number of nitrogens with one attached hydrogen (secondary N) is 1. The lowest BCUT2D eigenvalue weighted by Crippen LogP contribution is -2.53. The molecule has 156 valence electrons. The second-order valence-electron chi connectivity index (χ2n) is 9.47. The summed E-state index contributed by atoms with van der Waals surface area (Å²) in [5.41, 5.74) is 0.236. The number of carbonyl (C=O) groups excluding carboxylic acids is 3. The van der Waals surface area contributed by atoms with Gasteiger partial charge < -0.3 is 19.9 Å². The normalized spacial score (nSPS) is 33.7. The van der Waals surface area contributed by atoms with E-state index in [-0.39, 0.29) is 29.9 Å². The van der Waals surface area contributed by atoms with Crippen LogP contribution in [-0.4, -0.2) is 67.0 Å². The first kappa shape index (κ1) is 19.5. The minimum atomic E-state index is -0.234. The molecule has 4 bridgehead atoms. The molecule has 3 amide bonds. The molecular formula is C21H33N3O4. The third-order valence-electron chi connectivity index (χ3n) is 7.32. The molecule has 4 saturated carbocycles. The first-order chi connectivity index (χ1) is 13.5. The van der Waals surface area contributed by atoms with Gasteiger partial charge in [-0.05, 0) is 56.3 Å². The number of piperazine rings is 1. The summed E-state index contributed by atoms with van der Waals surface area (Å²) in [6.07, 6.45) is 8.01. The molecule has 1 aliphatic heterocycles. The van der Waals surface area contributed by atoms with Crippen LogP contribution in [0.5, 0.6) is 0 Å². The van der Waals surface area contributed by atoms with Gasteiger partial charge in [-0.25, -0.2) is 4.79 Å². The van der Waals surface area contributed by atoms with Gasteiger partial charge in [0, 0.05) is 38.0 Å². The third-order valence-corrected chi connectivity index (χ3v) is 7.32. The van der Waals surface area contributed by atoms with Gasteiger partial charge in [0.05, 0.1) is 13.2 Å². The Hall–Kier alpha value is -1.79. The molecule has 5 aliphatic rings. The van der Waals surface area contributed by atoms with Gasteiger partial charge in [0.2, 0.25) is 11.8 Å².